The molecule has 2 aromatic heterocycles. The van der Waals surface area contributed by atoms with Crippen LogP contribution in [-0.4, -0.2) is 15.7 Å². The summed E-state index contributed by atoms with van der Waals surface area (Å²) >= 11 is 1.63. The van der Waals surface area contributed by atoms with Crippen molar-refractivity contribution in [2.45, 2.75) is 38.3 Å². The third-order valence-corrected chi connectivity index (χ3v) is 5.56. The number of nitrogens with zero attached hydrogens (tertiary/aromatic N) is 2. The lowest BCUT2D eigenvalue weighted by Gasteiger charge is -2.24. The van der Waals surface area contributed by atoms with Gasteiger partial charge in [0.2, 0.25) is 5.91 Å². The van der Waals surface area contributed by atoms with Gasteiger partial charge in [-0.3, -0.25) is 9.48 Å². The molecule has 4 nitrogen and oxygen atoms in total. The van der Waals surface area contributed by atoms with Crippen LogP contribution in [0.3, 0.4) is 0 Å². The van der Waals surface area contributed by atoms with Crippen molar-refractivity contribution in [3.05, 3.63) is 75.7 Å². The van der Waals surface area contributed by atoms with Gasteiger partial charge in [0, 0.05) is 16.1 Å². The maximum absolute atomic E-state index is 12.4. The van der Waals surface area contributed by atoms with Crippen LogP contribution in [0.25, 0.3) is 0 Å². The first kappa shape index (κ1) is 16.1. The minimum Gasteiger partial charge on any atom is -0.349 e. The van der Waals surface area contributed by atoms with Crippen LogP contribution in [0.4, 0.5) is 0 Å². The van der Waals surface area contributed by atoms with Crippen molar-refractivity contribution in [3.63, 3.8) is 0 Å². The van der Waals surface area contributed by atoms with Crippen LogP contribution in [0, 0.1) is 0 Å². The smallest absolute Gasteiger partial charge is 0.225 e. The van der Waals surface area contributed by atoms with Crippen molar-refractivity contribution in [3.8, 4) is 0 Å². The lowest BCUT2D eigenvalue weighted by atomic mass is 9.92. The van der Waals surface area contributed by atoms with Gasteiger partial charge in [-0.05, 0) is 36.3 Å². The molecule has 1 aliphatic rings. The van der Waals surface area contributed by atoms with E-state index in [1.807, 2.05) is 29.8 Å². The summed E-state index contributed by atoms with van der Waals surface area (Å²) in [5.41, 5.74) is 3.69. The molecule has 1 N–H and O–H groups in total. The van der Waals surface area contributed by atoms with Gasteiger partial charge in [-0.15, -0.1) is 11.3 Å². The molecule has 0 saturated carbocycles. The Labute approximate surface area is 151 Å². The van der Waals surface area contributed by atoms with Crippen molar-refractivity contribution < 1.29 is 4.79 Å². The highest BCUT2D eigenvalue weighted by Crippen LogP contribution is 2.30. The summed E-state index contributed by atoms with van der Waals surface area (Å²) in [7, 11) is 0. The van der Waals surface area contributed by atoms with Gasteiger partial charge in [-0.1, -0.05) is 36.4 Å². The van der Waals surface area contributed by atoms with Crippen molar-refractivity contribution >= 4 is 17.2 Å². The van der Waals surface area contributed by atoms with E-state index in [-0.39, 0.29) is 11.9 Å². The monoisotopic (exact) mass is 351 g/mol. The molecule has 0 unspecified atom stereocenters. The molecule has 0 saturated heterocycles. The predicted molar refractivity (Wildman–Crippen MR) is 99.6 cm³/mol. The Bertz CT molecular complexity index is 839. The third-order valence-electron chi connectivity index (χ3n) is 4.69. The van der Waals surface area contributed by atoms with Crippen LogP contribution < -0.4 is 5.32 Å². The van der Waals surface area contributed by atoms with E-state index in [2.05, 4.69) is 39.4 Å². The second kappa shape index (κ2) is 7.23. The van der Waals surface area contributed by atoms with Gasteiger partial charge in [0.15, 0.2) is 0 Å². The van der Waals surface area contributed by atoms with Crippen LogP contribution in [0.15, 0.2) is 54.0 Å². The highest BCUT2D eigenvalue weighted by molar-refractivity contribution is 7.10. The normalized spacial score (nSPS) is 16.4. The summed E-state index contributed by atoms with van der Waals surface area (Å²) in [6.45, 7) is 0.784. The summed E-state index contributed by atoms with van der Waals surface area (Å²) in [4.78, 5) is 13.5. The van der Waals surface area contributed by atoms with E-state index in [1.165, 1.54) is 16.8 Å². The summed E-state index contributed by atoms with van der Waals surface area (Å²) in [6, 6.07) is 14.5. The van der Waals surface area contributed by atoms with Crippen LogP contribution in [-0.2, 0) is 24.2 Å². The van der Waals surface area contributed by atoms with Crippen molar-refractivity contribution in [1.82, 2.24) is 15.1 Å². The summed E-state index contributed by atoms with van der Waals surface area (Å²) in [6.07, 6.45) is 5.49. The van der Waals surface area contributed by atoms with Crippen LogP contribution in [0.1, 0.15) is 40.6 Å². The van der Waals surface area contributed by atoms with E-state index in [4.69, 9.17) is 0 Å². The molecule has 1 aromatic carbocycles. The molecule has 0 fully saturated rings. The molecule has 128 valence electrons. The lowest BCUT2D eigenvalue weighted by Crippen LogP contribution is -2.32. The standard InChI is InChI=1S/C20H21N3OS/c24-20(12-16-8-5-11-25-16)22-18-9-4-10-19-17(18)13-21-23(19)14-15-6-2-1-3-7-15/h1-3,5-8,11,13,18H,4,9-10,12,14H2,(H,22,24)/t18-/m0/s1. The average Bonchev–Trinajstić information content (AvgIpc) is 3.27. The number of benzene rings is 1. The number of thiophene rings is 1. The van der Waals surface area contributed by atoms with E-state index in [0.29, 0.717) is 6.42 Å². The topological polar surface area (TPSA) is 46.9 Å². The average molecular weight is 351 g/mol. The van der Waals surface area contributed by atoms with E-state index in [0.717, 1.165) is 30.7 Å². The first-order chi connectivity index (χ1) is 12.3. The number of hydrogen-bond donors (Lipinski definition) is 1. The fourth-order valence-corrected chi connectivity index (χ4v) is 4.18. The molecule has 25 heavy (non-hydrogen) atoms. The van der Waals surface area contributed by atoms with Crippen LogP contribution in [0.5, 0.6) is 0 Å². The van der Waals surface area contributed by atoms with E-state index in [1.54, 1.807) is 11.3 Å². The van der Waals surface area contributed by atoms with E-state index in [9.17, 15) is 4.79 Å². The second-order valence-electron chi connectivity index (χ2n) is 6.46. The lowest BCUT2D eigenvalue weighted by molar-refractivity contribution is -0.121. The molecule has 2 heterocycles. The number of nitrogens with one attached hydrogen (secondary N) is 1. The Balaban J connectivity index is 1.48. The quantitative estimate of drug-likeness (QED) is 0.761. The number of carbonyl (C=O) groups is 1. The van der Waals surface area contributed by atoms with Gasteiger partial charge in [0.1, 0.15) is 0 Å². The Kier molecular flexibility index (Phi) is 4.65. The highest BCUT2D eigenvalue weighted by Gasteiger charge is 2.25. The van der Waals surface area contributed by atoms with Gasteiger partial charge >= 0.3 is 0 Å². The summed E-state index contributed by atoms with van der Waals surface area (Å²) < 4.78 is 2.09. The molecule has 0 spiro atoms. The molecule has 5 heteroatoms. The first-order valence-corrected chi connectivity index (χ1v) is 9.58. The minimum absolute atomic E-state index is 0.0840. The Morgan fingerprint density at radius 1 is 1.24 bits per heavy atom. The third kappa shape index (κ3) is 3.66. The first-order valence-electron chi connectivity index (χ1n) is 8.70. The number of aromatic nitrogens is 2. The number of carbonyl (C=O) groups excluding carboxylic acids is 1. The van der Waals surface area contributed by atoms with Gasteiger partial charge in [0.05, 0.1) is 25.2 Å². The Morgan fingerprint density at radius 2 is 2.12 bits per heavy atom. The molecule has 1 aliphatic carbocycles. The molecule has 0 radical (unpaired) electrons. The Hall–Kier alpha value is -2.40. The van der Waals surface area contributed by atoms with Gasteiger partial charge in [-0.25, -0.2) is 0 Å². The van der Waals surface area contributed by atoms with Crippen LogP contribution >= 0.6 is 11.3 Å². The number of hydrogen-bond acceptors (Lipinski definition) is 3. The highest BCUT2D eigenvalue weighted by atomic mass is 32.1. The largest absolute Gasteiger partial charge is 0.349 e. The molecular formula is C20H21N3OS. The number of fused-ring (bicyclic) bond motifs is 1. The minimum atomic E-state index is 0.0840. The zero-order valence-electron chi connectivity index (χ0n) is 14.0. The summed E-state index contributed by atoms with van der Waals surface area (Å²) in [5.74, 6) is 0.0936. The van der Waals surface area contributed by atoms with Crippen molar-refractivity contribution in [2.75, 3.05) is 0 Å². The Morgan fingerprint density at radius 3 is 2.92 bits per heavy atom. The predicted octanol–water partition coefficient (Wildman–Crippen LogP) is 3.73. The number of rotatable bonds is 5. The van der Waals surface area contributed by atoms with Crippen molar-refractivity contribution in [2.24, 2.45) is 0 Å². The SMILES string of the molecule is O=C(Cc1cccs1)N[C@H]1CCCc2c1cnn2Cc1ccccc1. The molecule has 0 bridgehead atoms. The summed E-state index contributed by atoms with van der Waals surface area (Å²) in [5, 5.41) is 9.81. The zero-order chi connectivity index (χ0) is 17.1. The maximum atomic E-state index is 12.4. The molecule has 4 rings (SSSR count). The fraction of sp³-hybridized carbons (Fsp3) is 0.300. The zero-order valence-corrected chi connectivity index (χ0v) is 14.8. The molecule has 1 amide bonds. The molecule has 0 aliphatic heterocycles. The maximum Gasteiger partial charge on any atom is 0.225 e. The van der Waals surface area contributed by atoms with Gasteiger partial charge in [0.25, 0.3) is 0 Å². The van der Waals surface area contributed by atoms with E-state index >= 15 is 0 Å². The van der Waals surface area contributed by atoms with Gasteiger partial charge in [-0.2, -0.15) is 5.10 Å². The van der Waals surface area contributed by atoms with E-state index < -0.39 is 0 Å². The fourth-order valence-electron chi connectivity index (χ4n) is 3.48. The second-order valence-corrected chi connectivity index (χ2v) is 7.49. The number of amides is 1. The van der Waals surface area contributed by atoms with Crippen LogP contribution in [0.2, 0.25) is 0 Å². The molecule has 1 atom stereocenters. The molecular weight excluding hydrogens is 330 g/mol. The molecule has 3 aromatic rings. The van der Waals surface area contributed by atoms with Gasteiger partial charge < -0.3 is 5.32 Å². The van der Waals surface area contributed by atoms with Crippen molar-refractivity contribution in [1.29, 1.82) is 0 Å².